The first-order chi connectivity index (χ1) is 10.5. The van der Waals surface area contributed by atoms with Gasteiger partial charge in [-0.3, -0.25) is 4.68 Å². The van der Waals surface area contributed by atoms with Gasteiger partial charge in [-0.15, -0.1) is 0 Å². The normalized spacial score (nSPS) is 11.5. The smallest absolute Gasteiger partial charge is 0.139 e. The van der Waals surface area contributed by atoms with Crippen LogP contribution in [0, 0.1) is 6.92 Å². The van der Waals surface area contributed by atoms with E-state index in [0.717, 1.165) is 34.4 Å². The maximum atomic E-state index is 4.67. The lowest BCUT2D eigenvalue weighted by Gasteiger charge is -2.15. The lowest BCUT2D eigenvalue weighted by molar-refractivity contribution is 0.720. The molecule has 0 fully saturated rings. The number of aryl methyl sites for hydroxylation is 3. The molecule has 0 saturated carbocycles. The Labute approximate surface area is 130 Å². The van der Waals surface area contributed by atoms with E-state index in [0.29, 0.717) is 6.04 Å². The number of rotatable bonds is 4. The van der Waals surface area contributed by atoms with Crippen LogP contribution in [0.15, 0.2) is 18.5 Å². The van der Waals surface area contributed by atoms with E-state index < -0.39 is 0 Å². The number of hydrogen-bond acceptors (Lipinski definition) is 3. The predicted octanol–water partition coefficient (Wildman–Crippen LogP) is 3.65. The first-order valence-corrected chi connectivity index (χ1v) is 7.77. The van der Waals surface area contributed by atoms with Crippen LogP contribution in [-0.4, -0.2) is 25.8 Å². The topological polar surface area (TPSA) is 58.5 Å². The van der Waals surface area contributed by atoms with Gasteiger partial charge in [0.25, 0.3) is 0 Å². The fourth-order valence-electron chi connectivity index (χ4n) is 2.85. The third kappa shape index (κ3) is 2.36. The second-order valence-corrected chi connectivity index (χ2v) is 6.04. The summed E-state index contributed by atoms with van der Waals surface area (Å²) in [6.07, 6.45) is 4.88. The van der Waals surface area contributed by atoms with Crippen LogP contribution in [-0.2, 0) is 13.5 Å². The second-order valence-electron chi connectivity index (χ2n) is 6.04. The Morgan fingerprint density at radius 2 is 2.14 bits per heavy atom. The van der Waals surface area contributed by atoms with Gasteiger partial charge in [0.2, 0.25) is 0 Å². The van der Waals surface area contributed by atoms with E-state index in [-0.39, 0.29) is 0 Å². The molecule has 3 aromatic heterocycles. The van der Waals surface area contributed by atoms with E-state index in [1.807, 2.05) is 24.1 Å². The van der Waals surface area contributed by atoms with Gasteiger partial charge >= 0.3 is 0 Å². The summed E-state index contributed by atoms with van der Waals surface area (Å²) < 4.78 is 1.95. The standard InChI is InChI=1S/C17H23N5/c1-6-12-7-14(21-22(12)5)13-9-19-17-15(11(4)8-18-17)16(13)20-10(2)3/h7-10H,6H2,1-5H3,(H2,18,19,20). The van der Waals surface area contributed by atoms with Gasteiger partial charge in [-0.05, 0) is 38.8 Å². The number of fused-ring (bicyclic) bond motifs is 1. The fraction of sp³-hybridized carbons (Fsp3) is 0.412. The van der Waals surface area contributed by atoms with Crippen molar-refractivity contribution in [3.05, 3.63) is 29.7 Å². The molecule has 0 aliphatic rings. The van der Waals surface area contributed by atoms with Crippen molar-refractivity contribution >= 4 is 16.7 Å². The Balaban J connectivity index is 2.25. The number of nitrogens with zero attached hydrogens (tertiary/aromatic N) is 3. The number of pyridine rings is 1. The Kier molecular flexibility index (Phi) is 3.64. The number of anilines is 1. The molecule has 5 heteroatoms. The molecule has 0 radical (unpaired) electrons. The van der Waals surface area contributed by atoms with E-state index in [9.17, 15) is 0 Å². The van der Waals surface area contributed by atoms with Crippen molar-refractivity contribution in [3.8, 4) is 11.3 Å². The first kappa shape index (κ1) is 14.6. The van der Waals surface area contributed by atoms with Gasteiger partial charge < -0.3 is 10.3 Å². The van der Waals surface area contributed by atoms with Crippen molar-refractivity contribution in [2.75, 3.05) is 5.32 Å². The summed E-state index contributed by atoms with van der Waals surface area (Å²) in [5.74, 6) is 0. The number of nitrogens with one attached hydrogen (secondary N) is 2. The van der Waals surface area contributed by atoms with Crippen molar-refractivity contribution in [2.24, 2.45) is 7.05 Å². The summed E-state index contributed by atoms with van der Waals surface area (Å²) in [4.78, 5) is 7.80. The SMILES string of the molecule is CCc1cc(-c2cnc3[nH]cc(C)c3c2NC(C)C)nn1C. The Bertz CT molecular complexity index is 810. The molecule has 5 nitrogen and oxygen atoms in total. The molecular weight excluding hydrogens is 274 g/mol. The third-order valence-electron chi connectivity index (χ3n) is 3.95. The van der Waals surface area contributed by atoms with Crippen LogP contribution in [0.2, 0.25) is 0 Å². The third-order valence-corrected chi connectivity index (χ3v) is 3.95. The molecular formula is C17H23N5. The zero-order valence-corrected chi connectivity index (χ0v) is 13.9. The molecule has 0 aliphatic carbocycles. The lowest BCUT2D eigenvalue weighted by Crippen LogP contribution is -2.11. The molecule has 2 N–H and O–H groups in total. The molecule has 116 valence electrons. The summed E-state index contributed by atoms with van der Waals surface area (Å²) >= 11 is 0. The minimum Gasteiger partial charge on any atom is -0.382 e. The molecule has 3 rings (SSSR count). The van der Waals surface area contributed by atoms with E-state index in [4.69, 9.17) is 0 Å². The quantitative estimate of drug-likeness (QED) is 0.772. The summed E-state index contributed by atoms with van der Waals surface area (Å²) in [6, 6.07) is 2.49. The average molecular weight is 297 g/mol. The maximum absolute atomic E-state index is 4.67. The van der Waals surface area contributed by atoms with E-state index in [2.05, 4.69) is 54.1 Å². The van der Waals surface area contributed by atoms with Crippen molar-refractivity contribution < 1.29 is 0 Å². The lowest BCUT2D eigenvalue weighted by atomic mass is 10.1. The van der Waals surface area contributed by atoms with Crippen LogP contribution in [0.25, 0.3) is 22.3 Å². The van der Waals surface area contributed by atoms with Crippen LogP contribution in [0.4, 0.5) is 5.69 Å². The minimum absolute atomic E-state index is 0.341. The number of hydrogen-bond donors (Lipinski definition) is 2. The Hall–Kier alpha value is -2.30. The van der Waals surface area contributed by atoms with Gasteiger partial charge in [0, 0.05) is 42.1 Å². The molecule has 0 bridgehead atoms. The van der Waals surface area contributed by atoms with Crippen molar-refractivity contribution in [2.45, 2.75) is 40.2 Å². The highest BCUT2D eigenvalue weighted by atomic mass is 15.3. The molecule has 0 atom stereocenters. The first-order valence-electron chi connectivity index (χ1n) is 7.77. The highest BCUT2D eigenvalue weighted by Gasteiger charge is 2.17. The van der Waals surface area contributed by atoms with Gasteiger partial charge in [-0.25, -0.2) is 4.98 Å². The molecule has 22 heavy (non-hydrogen) atoms. The van der Waals surface area contributed by atoms with Gasteiger partial charge in [0.1, 0.15) is 5.65 Å². The number of aromatic nitrogens is 4. The predicted molar refractivity (Wildman–Crippen MR) is 91.2 cm³/mol. The van der Waals surface area contributed by atoms with Crippen molar-refractivity contribution in [1.82, 2.24) is 19.7 Å². The molecule has 0 unspecified atom stereocenters. The van der Waals surface area contributed by atoms with Gasteiger partial charge in [-0.2, -0.15) is 5.10 Å². The van der Waals surface area contributed by atoms with Gasteiger partial charge in [0.05, 0.1) is 11.4 Å². The fourth-order valence-corrected chi connectivity index (χ4v) is 2.85. The van der Waals surface area contributed by atoms with Crippen LogP contribution in [0.3, 0.4) is 0 Å². The summed E-state index contributed by atoms with van der Waals surface area (Å²) in [5.41, 5.74) is 6.46. The van der Waals surface area contributed by atoms with Crippen molar-refractivity contribution in [3.63, 3.8) is 0 Å². The van der Waals surface area contributed by atoms with Crippen LogP contribution >= 0.6 is 0 Å². The maximum Gasteiger partial charge on any atom is 0.139 e. The molecule has 0 amide bonds. The van der Waals surface area contributed by atoms with Crippen LogP contribution < -0.4 is 5.32 Å². The molecule has 3 heterocycles. The molecule has 0 saturated heterocycles. The summed E-state index contributed by atoms with van der Waals surface area (Å²) in [7, 11) is 1.99. The van der Waals surface area contributed by atoms with E-state index >= 15 is 0 Å². The van der Waals surface area contributed by atoms with Gasteiger partial charge in [-0.1, -0.05) is 6.92 Å². The zero-order valence-electron chi connectivity index (χ0n) is 13.9. The minimum atomic E-state index is 0.341. The molecule has 0 aliphatic heterocycles. The number of H-pyrrole nitrogens is 1. The van der Waals surface area contributed by atoms with Crippen LogP contribution in [0.1, 0.15) is 32.0 Å². The largest absolute Gasteiger partial charge is 0.382 e. The zero-order chi connectivity index (χ0) is 15.9. The Morgan fingerprint density at radius 1 is 1.36 bits per heavy atom. The molecule has 0 spiro atoms. The van der Waals surface area contributed by atoms with E-state index in [1.165, 1.54) is 11.3 Å². The number of aromatic amines is 1. The van der Waals surface area contributed by atoms with E-state index in [1.54, 1.807) is 0 Å². The van der Waals surface area contributed by atoms with Crippen molar-refractivity contribution in [1.29, 1.82) is 0 Å². The summed E-state index contributed by atoms with van der Waals surface area (Å²) in [6.45, 7) is 8.54. The van der Waals surface area contributed by atoms with Gasteiger partial charge in [0.15, 0.2) is 0 Å². The van der Waals surface area contributed by atoms with Crippen LogP contribution in [0.5, 0.6) is 0 Å². The molecule has 3 aromatic rings. The highest BCUT2D eigenvalue weighted by molar-refractivity contribution is 5.99. The average Bonchev–Trinajstić information content (AvgIpc) is 3.02. The second kappa shape index (κ2) is 5.48. The summed E-state index contributed by atoms with van der Waals surface area (Å²) in [5, 5.41) is 9.39. The Morgan fingerprint density at radius 3 is 2.77 bits per heavy atom. The monoisotopic (exact) mass is 297 g/mol. The highest BCUT2D eigenvalue weighted by Crippen LogP contribution is 2.35. The molecule has 0 aromatic carbocycles.